The number of thioether (sulfide) groups is 1. The normalized spacial score (nSPS) is 16.6. The maximum atomic E-state index is 12.9. The van der Waals surface area contributed by atoms with Crippen molar-refractivity contribution in [2.24, 2.45) is 0 Å². The van der Waals surface area contributed by atoms with E-state index in [4.69, 9.17) is 4.74 Å². The van der Waals surface area contributed by atoms with E-state index in [-0.39, 0.29) is 28.9 Å². The van der Waals surface area contributed by atoms with Gasteiger partial charge in [-0.2, -0.15) is 0 Å². The summed E-state index contributed by atoms with van der Waals surface area (Å²) in [6.07, 6.45) is 2.69. The van der Waals surface area contributed by atoms with E-state index in [1.54, 1.807) is 35.2 Å². The molecule has 0 atom stereocenters. The van der Waals surface area contributed by atoms with E-state index in [2.05, 4.69) is 9.88 Å². The molecule has 0 bridgehead atoms. The molecule has 2 saturated heterocycles. The second-order valence-electron chi connectivity index (χ2n) is 8.75. The summed E-state index contributed by atoms with van der Waals surface area (Å²) in [6.45, 7) is 2.10. The van der Waals surface area contributed by atoms with Crippen LogP contribution in [0.4, 0.5) is 16.2 Å². The van der Waals surface area contributed by atoms with E-state index in [0.29, 0.717) is 37.5 Å². The Hall–Kier alpha value is -4.71. The van der Waals surface area contributed by atoms with Gasteiger partial charge < -0.3 is 14.5 Å². The molecule has 0 unspecified atom stereocenters. The first-order valence-corrected chi connectivity index (χ1v) is 12.9. The molecule has 2 fully saturated rings. The number of imide groups is 1. The molecule has 0 aliphatic carbocycles. The fourth-order valence-corrected chi connectivity index (χ4v) is 5.01. The summed E-state index contributed by atoms with van der Waals surface area (Å²) < 4.78 is 5.59. The molecule has 3 aromatic rings. The molecule has 39 heavy (non-hydrogen) atoms. The van der Waals surface area contributed by atoms with E-state index >= 15 is 0 Å². The van der Waals surface area contributed by atoms with Gasteiger partial charge in [-0.05, 0) is 47.7 Å². The molecule has 3 heterocycles. The standard InChI is InChI=1S/C27H23N5O6S/c33-25(30-14-12-29(13-15-30)20-4-2-1-3-5-20)18-31-26(34)23(39-27(31)35)16-19-6-9-22(10-7-19)38-24-11-8-21(17-28-24)32(36)37/h1-11,16-17H,12-15,18H2. The number of nitrogens with zero attached hydrogens (tertiary/aromatic N) is 5. The number of anilines is 1. The van der Waals surface area contributed by atoms with Crippen LogP contribution in [0.3, 0.4) is 0 Å². The zero-order valence-electron chi connectivity index (χ0n) is 20.6. The number of carbonyl (C=O) groups excluding carboxylic acids is 3. The van der Waals surface area contributed by atoms with Gasteiger partial charge in [0.15, 0.2) is 0 Å². The molecule has 0 spiro atoms. The SMILES string of the molecule is O=C(CN1C(=O)SC(=Cc2ccc(Oc3ccc([N+](=O)[O-])cn3)cc2)C1=O)N1CCN(c2ccccc2)CC1. The van der Waals surface area contributed by atoms with E-state index in [0.717, 1.165) is 28.5 Å². The predicted molar refractivity (Wildman–Crippen MR) is 145 cm³/mol. The van der Waals surface area contributed by atoms with Gasteiger partial charge in [-0.3, -0.25) is 29.4 Å². The lowest BCUT2D eigenvalue weighted by Crippen LogP contribution is -2.51. The zero-order valence-corrected chi connectivity index (χ0v) is 21.5. The highest BCUT2D eigenvalue weighted by molar-refractivity contribution is 8.18. The summed E-state index contributed by atoms with van der Waals surface area (Å²) in [4.78, 5) is 57.5. The van der Waals surface area contributed by atoms with Gasteiger partial charge in [0.05, 0.1) is 9.83 Å². The third-order valence-corrected chi connectivity index (χ3v) is 7.16. The quantitative estimate of drug-likeness (QED) is 0.244. The van der Waals surface area contributed by atoms with Crippen molar-refractivity contribution in [2.45, 2.75) is 0 Å². The summed E-state index contributed by atoms with van der Waals surface area (Å²) >= 11 is 0.797. The van der Waals surface area contributed by atoms with Crippen LogP contribution in [-0.4, -0.2) is 69.5 Å². The van der Waals surface area contributed by atoms with E-state index in [1.807, 2.05) is 30.3 Å². The summed E-state index contributed by atoms with van der Waals surface area (Å²) in [5.41, 5.74) is 1.62. The third-order valence-electron chi connectivity index (χ3n) is 6.25. The summed E-state index contributed by atoms with van der Waals surface area (Å²) in [5, 5.41) is 10.3. The van der Waals surface area contributed by atoms with Crippen molar-refractivity contribution >= 4 is 46.3 Å². The minimum atomic E-state index is -0.545. The van der Waals surface area contributed by atoms with Gasteiger partial charge in [-0.15, -0.1) is 0 Å². The molecule has 2 aliphatic heterocycles. The lowest BCUT2D eigenvalue weighted by Gasteiger charge is -2.36. The minimum Gasteiger partial charge on any atom is -0.439 e. The predicted octanol–water partition coefficient (Wildman–Crippen LogP) is 4.17. The number of carbonyl (C=O) groups is 3. The van der Waals surface area contributed by atoms with Crippen LogP contribution in [0.15, 0.2) is 77.8 Å². The number of amides is 3. The van der Waals surface area contributed by atoms with Crippen LogP contribution in [0.1, 0.15) is 5.56 Å². The van der Waals surface area contributed by atoms with Crippen LogP contribution in [0.2, 0.25) is 0 Å². The third kappa shape index (κ3) is 6.07. The number of ether oxygens (including phenoxy) is 1. The Bertz CT molecular complexity index is 1420. The lowest BCUT2D eigenvalue weighted by atomic mass is 10.2. The first kappa shape index (κ1) is 25.9. The van der Waals surface area contributed by atoms with Crippen molar-refractivity contribution in [3.63, 3.8) is 0 Å². The van der Waals surface area contributed by atoms with Crippen molar-refractivity contribution in [1.29, 1.82) is 0 Å². The maximum Gasteiger partial charge on any atom is 0.294 e. The van der Waals surface area contributed by atoms with Crippen LogP contribution in [0.25, 0.3) is 6.08 Å². The van der Waals surface area contributed by atoms with E-state index in [1.165, 1.54) is 12.1 Å². The highest BCUT2D eigenvalue weighted by atomic mass is 32.2. The molecule has 0 N–H and O–H groups in total. The Kier molecular flexibility index (Phi) is 7.55. The molecule has 5 rings (SSSR count). The first-order chi connectivity index (χ1) is 18.9. The Balaban J connectivity index is 1.16. The number of hydrogen-bond acceptors (Lipinski definition) is 9. The number of benzene rings is 2. The van der Waals surface area contributed by atoms with Crippen LogP contribution in [-0.2, 0) is 9.59 Å². The molecule has 2 aromatic carbocycles. The number of pyridine rings is 1. The van der Waals surface area contributed by atoms with Crippen molar-refractivity contribution in [3.05, 3.63) is 93.5 Å². The van der Waals surface area contributed by atoms with E-state index in [9.17, 15) is 24.5 Å². The molecular weight excluding hydrogens is 522 g/mol. The van der Waals surface area contributed by atoms with Gasteiger partial charge in [-0.25, -0.2) is 4.98 Å². The number of nitro groups is 1. The zero-order chi connectivity index (χ0) is 27.4. The Morgan fingerprint density at radius 3 is 2.36 bits per heavy atom. The van der Waals surface area contributed by atoms with Crippen molar-refractivity contribution < 1.29 is 24.0 Å². The number of hydrogen-bond donors (Lipinski definition) is 0. The summed E-state index contributed by atoms with van der Waals surface area (Å²) in [6, 6.07) is 19.4. The second-order valence-corrected chi connectivity index (χ2v) is 9.75. The molecule has 0 radical (unpaired) electrons. The fourth-order valence-electron chi connectivity index (χ4n) is 4.17. The highest BCUT2D eigenvalue weighted by Gasteiger charge is 2.37. The molecule has 2 aliphatic rings. The molecule has 0 saturated carbocycles. The number of rotatable bonds is 7. The van der Waals surface area contributed by atoms with Gasteiger partial charge >= 0.3 is 0 Å². The molecule has 11 nitrogen and oxygen atoms in total. The summed E-state index contributed by atoms with van der Waals surface area (Å²) in [5.74, 6) is -0.121. The molecule has 198 valence electrons. The van der Waals surface area contributed by atoms with Crippen molar-refractivity contribution in [2.75, 3.05) is 37.6 Å². The van der Waals surface area contributed by atoms with Crippen LogP contribution < -0.4 is 9.64 Å². The van der Waals surface area contributed by atoms with Crippen molar-refractivity contribution in [1.82, 2.24) is 14.8 Å². The lowest BCUT2D eigenvalue weighted by molar-refractivity contribution is -0.385. The molecule has 3 amide bonds. The van der Waals surface area contributed by atoms with E-state index < -0.39 is 16.1 Å². The second kappa shape index (κ2) is 11.4. The molecule has 1 aromatic heterocycles. The van der Waals surface area contributed by atoms with Gasteiger partial charge in [0, 0.05) is 44.0 Å². The summed E-state index contributed by atoms with van der Waals surface area (Å²) in [7, 11) is 0. The first-order valence-electron chi connectivity index (χ1n) is 12.1. The largest absolute Gasteiger partial charge is 0.439 e. The number of para-hydroxylation sites is 1. The molecular formula is C27H23N5O6S. The van der Waals surface area contributed by atoms with Gasteiger partial charge in [-0.1, -0.05) is 30.3 Å². The Labute approximate surface area is 227 Å². The average molecular weight is 546 g/mol. The van der Waals surface area contributed by atoms with Gasteiger partial charge in [0.25, 0.3) is 16.8 Å². The monoisotopic (exact) mass is 545 g/mol. The Morgan fingerprint density at radius 2 is 1.72 bits per heavy atom. The van der Waals surface area contributed by atoms with Gasteiger partial charge in [0.2, 0.25) is 11.8 Å². The van der Waals surface area contributed by atoms with Crippen LogP contribution >= 0.6 is 11.8 Å². The van der Waals surface area contributed by atoms with Gasteiger partial charge in [0.1, 0.15) is 18.5 Å². The van der Waals surface area contributed by atoms with Crippen LogP contribution in [0, 0.1) is 10.1 Å². The number of piperazine rings is 1. The maximum absolute atomic E-state index is 12.9. The average Bonchev–Trinajstić information content (AvgIpc) is 3.22. The minimum absolute atomic E-state index is 0.140. The van der Waals surface area contributed by atoms with Crippen LogP contribution in [0.5, 0.6) is 11.6 Å². The fraction of sp³-hybridized carbons (Fsp3) is 0.185. The number of aromatic nitrogens is 1. The topological polar surface area (TPSA) is 126 Å². The molecule has 12 heteroatoms. The Morgan fingerprint density at radius 1 is 1.00 bits per heavy atom. The van der Waals surface area contributed by atoms with Crippen molar-refractivity contribution in [3.8, 4) is 11.6 Å². The highest BCUT2D eigenvalue weighted by Crippen LogP contribution is 2.33. The smallest absolute Gasteiger partial charge is 0.294 e.